The monoisotopic (exact) mass is 421 g/mol. The minimum absolute atomic E-state index is 0.0531. The summed E-state index contributed by atoms with van der Waals surface area (Å²) in [5, 5.41) is 1.27. The Morgan fingerprint density at radius 3 is 2.48 bits per heavy atom. The first kappa shape index (κ1) is 21.6. The summed E-state index contributed by atoms with van der Waals surface area (Å²) in [6, 6.07) is 25.0. The molecule has 0 bridgehead atoms. The largest absolute Gasteiger partial charge is 0.489 e. The van der Waals surface area contributed by atoms with Gasteiger partial charge in [-0.2, -0.15) is 0 Å². The van der Waals surface area contributed by atoms with Crippen molar-refractivity contribution in [3.63, 3.8) is 0 Å². The molecule has 2 atom stereocenters. The quantitative estimate of drug-likeness (QED) is 0.260. The molecule has 0 aliphatic rings. The fraction of sp³-hybridized carbons (Fsp3) is 0.240. The molecule has 0 aromatic heterocycles. The number of hydrogen-bond acceptors (Lipinski definition) is 3. The SMILES string of the molecule is CCC(C)(Pc1ccccc1C=NC)c1cc(S)ccc1OCc1ccccc1. The summed E-state index contributed by atoms with van der Waals surface area (Å²) < 4.78 is 6.29. The van der Waals surface area contributed by atoms with Crippen molar-refractivity contribution in [2.75, 3.05) is 7.05 Å². The van der Waals surface area contributed by atoms with Crippen molar-refractivity contribution in [1.82, 2.24) is 0 Å². The molecule has 0 fully saturated rings. The molecule has 150 valence electrons. The maximum atomic E-state index is 6.29. The van der Waals surface area contributed by atoms with Crippen LogP contribution in [0.2, 0.25) is 0 Å². The summed E-state index contributed by atoms with van der Waals surface area (Å²) in [6.45, 7) is 5.13. The minimum atomic E-state index is -0.0531. The molecule has 0 N–H and O–H groups in total. The number of rotatable bonds is 8. The summed E-state index contributed by atoms with van der Waals surface area (Å²) in [5.41, 5.74) is 3.56. The van der Waals surface area contributed by atoms with Gasteiger partial charge in [0.05, 0.1) is 0 Å². The predicted molar refractivity (Wildman–Crippen MR) is 130 cm³/mol. The first-order valence-corrected chi connectivity index (χ1v) is 11.3. The smallest absolute Gasteiger partial charge is 0.123 e. The molecule has 0 radical (unpaired) electrons. The average molecular weight is 422 g/mol. The second-order valence-electron chi connectivity index (χ2n) is 7.24. The Morgan fingerprint density at radius 2 is 1.76 bits per heavy atom. The van der Waals surface area contributed by atoms with E-state index in [1.165, 1.54) is 22.0 Å². The van der Waals surface area contributed by atoms with Crippen LogP contribution in [0, 0.1) is 0 Å². The van der Waals surface area contributed by atoms with Crippen molar-refractivity contribution in [1.29, 1.82) is 0 Å². The van der Waals surface area contributed by atoms with Gasteiger partial charge in [-0.15, -0.1) is 12.6 Å². The molecule has 2 nitrogen and oxygen atoms in total. The molecule has 3 aromatic carbocycles. The standard InChI is InChI=1S/C25H28NOPS/c1-4-25(2,28-24-13-9-8-12-20(24)17-26-3)22-16-21(29)14-15-23(22)27-18-19-10-6-5-7-11-19/h5-17,28-29H,4,18H2,1-3H3. The maximum Gasteiger partial charge on any atom is 0.123 e. The third-order valence-electron chi connectivity index (χ3n) is 5.14. The predicted octanol–water partition coefficient (Wildman–Crippen LogP) is 6.23. The van der Waals surface area contributed by atoms with Gasteiger partial charge in [0.1, 0.15) is 12.4 Å². The lowest BCUT2D eigenvalue weighted by molar-refractivity contribution is 0.299. The Morgan fingerprint density at radius 1 is 1.03 bits per heavy atom. The molecule has 0 aliphatic heterocycles. The molecule has 0 spiro atoms. The number of benzene rings is 3. The van der Waals surface area contributed by atoms with Gasteiger partial charge in [0.15, 0.2) is 0 Å². The van der Waals surface area contributed by atoms with Gasteiger partial charge in [0, 0.05) is 28.9 Å². The molecule has 0 heterocycles. The fourth-order valence-corrected chi connectivity index (χ4v) is 5.09. The molecule has 3 rings (SSSR count). The molecule has 0 aliphatic carbocycles. The second kappa shape index (κ2) is 10.1. The highest BCUT2D eigenvalue weighted by Crippen LogP contribution is 2.48. The summed E-state index contributed by atoms with van der Waals surface area (Å²) >= 11 is 4.62. The topological polar surface area (TPSA) is 21.6 Å². The Labute approximate surface area is 181 Å². The van der Waals surface area contributed by atoms with Gasteiger partial charge in [-0.25, -0.2) is 0 Å². The molecule has 0 amide bonds. The lowest BCUT2D eigenvalue weighted by Gasteiger charge is -2.32. The summed E-state index contributed by atoms with van der Waals surface area (Å²) in [7, 11) is 2.41. The first-order chi connectivity index (χ1) is 14.1. The highest BCUT2D eigenvalue weighted by atomic mass is 32.1. The number of hydrogen-bond donors (Lipinski definition) is 1. The highest BCUT2D eigenvalue weighted by molar-refractivity contribution is 7.80. The number of ether oxygens (including phenoxy) is 1. The van der Waals surface area contributed by atoms with Crippen LogP contribution in [-0.4, -0.2) is 13.3 Å². The Kier molecular flexibility index (Phi) is 7.52. The van der Waals surface area contributed by atoms with E-state index in [1.54, 1.807) is 0 Å². The number of nitrogens with zero attached hydrogens (tertiary/aromatic N) is 1. The van der Waals surface area contributed by atoms with E-state index in [4.69, 9.17) is 4.74 Å². The van der Waals surface area contributed by atoms with E-state index in [-0.39, 0.29) is 5.16 Å². The second-order valence-corrected chi connectivity index (χ2v) is 9.65. The van der Waals surface area contributed by atoms with Crippen molar-refractivity contribution in [2.45, 2.75) is 36.9 Å². The van der Waals surface area contributed by atoms with Crippen molar-refractivity contribution in [3.05, 3.63) is 89.5 Å². The highest BCUT2D eigenvalue weighted by Gasteiger charge is 2.29. The molecule has 2 unspecified atom stereocenters. The third kappa shape index (κ3) is 5.50. The molecule has 0 saturated heterocycles. The summed E-state index contributed by atoms with van der Waals surface area (Å²) in [5.74, 6) is 0.935. The van der Waals surface area contributed by atoms with Gasteiger partial charge in [0.25, 0.3) is 0 Å². The van der Waals surface area contributed by atoms with Gasteiger partial charge in [-0.05, 0) is 41.1 Å². The van der Waals surface area contributed by atoms with Crippen LogP contribution >= 0.6 is 21.2 Å². The fourth-order valence-electron chi connectivity index (χ4n) is 3.32. The molecule has 4 heteroatoms. The summed E-state index contributed by atoms with van der Waals surface area (Å²) in [4.78, 5) is 5.19. The van der Waals surface area contributed by atoms with Gasteiger partial charge >= 0.3 is 0 Å². The van der Waals surface area contributed by atoms with Crippen LogP contribution in [-0.2, 0) is 11.8 Å². The van der Waals surface area contributed by atoms with E-state index in [1.807, 2.05) is 37.5 Å². The van der Waals surface area contributed by atoms with Crippen LogP contribution in [0.15, 0.2) is 82.7 Å². The van der Waals surface area contributed by atoms with E-state index in [9.17, 15) is 0 Å². The van der Waals surface area contributed by atoms with Crippen LogP contribution in [0.1, 0.15) is 37.0 Å². The summed E-state index contributed by atoms with van der Waals surface area (Å²) in [6.07, 6.45) is 2.95. The van der Waals surface area contributed by atoms with Crippen LogP contribution < -0.4 is 10.0 Å². The Bertz CT molecular complexity index is 974. The van der Waals surface area contributed by atoms with E-state index >= 15 is 0 Å². The van der Waals surface area contributed by atoms with E-state index in [0.29, 0.717) is 15.2 Å². The molecule has 29 heavy (non-hydrogen) atoms. The normalized spacial score (nSPS) is 13.8. The van der Waals surface area contributed by atoms with Gasteiger partial charge < -0.3 is 4.74 Å². The van der Waals surface area contributed by atoms with Crippen molar-refractivity contribution < 1.29 is 4.74 Å². The van der Waals surface area contributed by atoms with Crippen LogP contribution in [0.5, 0.6) is 5.75 Å². The molecule has 3 aromatic rings. The van der Waals surface area contributed by atoms with E-state index in [2.05, 4.69) is 80.0 Å². The van der Waals surface area contributed by atoms with Gasteiger partial charge in [0.2, 0.25) is 0 Å². The van der Waals surface area contributed by atoms with E-state index in [0.717, 1.165) is 17.1 Å². The first-order valence-electron chi connectivity index (χ1n) is 9.85. The zero-order valence-electron chi connectivity index (χ0n) is 17.2. The third-order valence-corrected chi connectivity index (χ3v) is 7.32. The average Bonchev–Trinajstić information content (AvgIpc) is 2.75. The van der Waals surface area contributed by atoms with Crippen molar-refractivity contribution in [3.8, 4) is 5.75 Å². The van der Waals surface area contributed by atoms with E-state index < -0.39 is 0 Å². The van der Waals surface area contributed by atoms with Crippen LogP contribution in [0.3, 0.4) is 0 Å². The van der Waals surface area contributed by atoms with Gasteiger partial charge in [-0.3, -0.25) is 4.99 Å². The van der Waals surface area contributed by atoms with Crippen molar-refractivity contribution in [2.24, 2.45) is 4.99 Å². The van der Waals surface area contributed by atoms with Gasteiger partial charge in [-0.1, -0.05) is 77.0 Å². The Balaban J connectivity index is 1.94. The molecule has 0 saturated carbocycles. The zero-order chi connectivity index (χ0) is 20.7. The van der Waals surface area contributed by atoms with Crippen LogP contribution in [0.25, 0.3) is 0 Å². The zero-order valence-corrected chi connectivity index (χ0v) is 19.1. The maximum absolute atomic E-state index is 6.29. The minimum Gasteiger partial charge on any atom is -0.489 e. The lowest BCUT2D eigenvalue weighted by Crippen LogP contribution is -2.21. The molecular weight excluding hydrogens is 393 g/mol. The lowest BCUT2D eigenvalue weighted by atomic mass is 9.96. The van der Waals surface area contributed by atoms with Crippen molar-refractivity contribution >= 4 is 32.7 Å². The molecular formula is C25H28NOPS. The number of aliphatic imine (C=N–C) groups is 1. The van der Waals surface area contributed by atoms with Crippen LogP contribution in [0.4, 0.5) is 0 Å². The Hall–Kier alpha value is -2.09. The number of thiol groups is 1.